The highest BCUT2D eigenvalue weighted by Gasteiger charge is 2.11. The third-order valence-corrected chi connectivity index (χ3v) is 3.37. The second kappa shape index (κ2) is 6.46. The number of carboxylic acid groups (broad SMARTS) is 1. The number of hydrogen-bond donors (Lipinski definition) is 1. The van der Waals surface area contributed by atoms with Crippen LogP contribution in [0, 0.1) is 0 Å². The molecule has 0 aliphatic heterocycles. The van der Waals surface area contributed by atoms with Crippen LogP contribution in [0.5, 0.6) is 0 Å². The van der Waals surface area contributed by atoms with E-state index in [0.717, 1.165) is 11.1 Å². The summed E-state index contributed by atoms with van der Waals surface area (Å²) in [5.41, 5.74) is 1.75. The lowest BCUT2D eigenvalue weighted by atomic mass is 10.1. The van der Waals surface area contributed by atoms with E-state index in [1.54, 1.807) is 18.2 Å². The van der Waals surface area contributed by atoms with Gasteiger partial charge in [0.2, 0.25) is 5.89 Å². The van der Waals surface area contributed by atoms with Gasteiger partial charge in [0.25, 0.3) is 5.89 Å². The number of hydrogen-bond acceptors (Lipinski definition) is 4. The molecule has 23 heavy (non-hydrogen) atoms. The highest BCUT2D eigenvalue weighted by molar-refractivity contribution is 6.50. The topological polar surface area (TPSA) is 76.2 Å². The molecular weight excluding hydrogens is 316 g/mol. The molecule has 1 heterocycles. The Bertz CT molecular complexity index is 855. The van der Waals surface area contributed by atoms with Crippen molar-refractivity contribution in [2.75, 3.05) is 0 Å². The van der Waals surface area contributed by atoms with Gasteiger partial charge in [-0.25, -0.2) is 4.79 Å². The predicted octanol–water partition coefficient (Wildman–Crippen LogP) is 4.17. The molecular formula is C17H11ClN2O3. The number of rotatable bonds is 4. The minimum atomic E-state index is -0.976. The molecule has 3 rings (SSSR count). The quantitative estimate of drug-likeness (QED) is 0.778. The molecule has 1 aromatic heterocycles. The minimum Gasteiger partial charge on any atom is -0.478 e. The first kappa shape index (κ1) is 15.0. The zero-order valence-corrected chi connectivity index (χ0v) is 12.6. The van der Waals surface area contributed by atoms with Crippen LogP contribution < -0.4 is 0 Å². The standard InChI is InChI=1S/C17H11ClN2O3/c18-14(10-11-6-8-13(9-7-11)17(21)22)16-20-19-15(23-16)12-4-2-1-3-5-12/h1-10H,(H,21,22)/b14-10-. The van der Waals surface area contributed by atoms with Crippen LogP contribution in [-0.4, -0.2) is 21.3 Å². The lowest BCUT2D eigenvalue weighted by Crippen LogP contribution is -1.94. The van der Waals surface area contributed by atoms with Crippen molar-refractivity contribution in [3.63, 3.8) is 0 Å². The van der Waals surface area contributed by atoms with Crippen LogP contribution in [0.15, 0.2) is 59.0 Å². The molecule has 114 valence electrons. The molecule has 0 aliphatic rings. The van der Waals surface area contributed by atoms with Crippen molar-refractivity contribution in [2.45, 2.75) is 0 Å². The molecule has 0 atom stereocenters. The highest BCUT2D eigenvalue weighted by atomic mass is 35.5. The molecule has 0 bridgehead atoms. The van der Waals surface area contributed by atoms with Crippen LogP contribution in [0.25, 0.3) is 22.6 Å². The number of benzene rings is 2. The van der Waals surface area contributed by atoms with Gasteiger partial charge in [0.15, 0.2) is 0 Å². The van der Waals surface area contributed by atoms with Crippen LogP contribution >= 0.6 is 11.6 Å². The Labute approximate surface area is 136 Å². The average molecular weight is 327 g/mol. The van der Waals surface area contributed by atoms with Gasteiger partial charge in [-0.2, -0.15) is 0 Å². The van der Waals surface area contributed by atoms with E-state index in [4.69, 9.17) is 21.1 Å². The minimum absolute atomic E-state index is 0.202. The number of carboxylic acids is 1. The summed E-state index contributed by atoms with van der Waals surface area (Å²) >= 11 is 6.19. The van der Waals surface area contributed by atoms with Crippen molar-refractivity contribution >= 4 is 28.7 Å². The maximum Gasteiger partial charge on any atom is 0.335 e. The Hall–Kier alpha value is -2.92. The fourth-order valence-electron chi connectivity index (χ4n) is 1.95. The molecule has 0 aliphatic carbocycles. The van der Waals surface area contributed by atoms with Crippen LogP contribution in [0.2, 0.25) is 0 Å². The molecule has 0 amide bonds. The van der Waals surface area contributed by atoms with Gasteiger partial charge >= 0.3 is 5.97 Å². The Morgan fingerprint density at radius 3 is 2.39 bits per heavy atom. The summed E-state index contributed by atoms with van der Waals surface area (Å²) in [6.07, 6.45) is 1.63. The SMILES string of the molecule is O=C(O)c1ccc(/C=C(\Cl)c2nnc(-c3ccccc3)o2)cc1. The Morgan fingerprint density at radius 2 is 1.74 bits per heavy atom. The van der Waals surface area contributed by atoms with E-state index in [-0.39, 0.29) is 16.5 Å². The van der Waals surface area contributed by atoms with E-state index in [9.17, 15) is 4.79 Å². The molecule has 0 saturated carbocycles. The summed E-state index contributed by atoms with van der Waals surface area (Å²) in [6, 6.07) is 15.7. The van der Waals surface area contributed by atoms with Crippen molar-refractivity contribution in [1.82, 2.24) is 10.2 Å². The van der Waals surface area contributed by atoms with Gasteiger partial charge < -0.3 is 9.52 Å². The average Bonchev–Trinajstić information content (AvgIpc) is 3.06. The molecule has 0 unspecified atom stereocenters. The number of aromatic nitrogens is 2. The molecule has 6 heteroatoms. The zero-order chi connectivity index (χ0) is 16.2. The van der Waals surface area contributed by atoms with E-state index in [2.05, 4.69) is 10.2 Å². The second-order valence-electron chi connectivity index (χ2n) is 4.70. The summed E-state index contributed by atoms with van der Waals surface area (Å²) in [4.78, 5) is 10.8. The fourth-order valence-corrected chi connectivity index (χ4v) is 2.15. The first-order valence-corrected chi connectivity index (χ1v) is 7.11. The van der Waals surface area contributed by atoms with Gasteiger partial charge in [-0.3, -0.25) is 0 Å². The van der Waals surface area contributed by atoms with Gasteiger partial charge in [0.05, 0.1) is 5.56 Å². The predicted molar refractivity (Wildman–Crippen MR) is 86.9 cm³/mol. The monoisotopic (exact) mass is 326 g/mol. The molecule has 5 nitrogen and oxygen atoms in total. The van der Waals surface area contributed by atoms with Crippen molar-refractivity contribution in [1.29, 1.82) is 0 Å². The molecule has 0 spiro atoms. The van der Waals surface area contributed by atoms with E-state index in [1.165, 1.54) is 12.1 Å². The highest BCUT2D eigenvalue weighted by Crippen LogP contribution is 2.25. The van der Waals surface area contributed by atoms with Crippen LogP contribution in [0.3, 0.4) is 0 Å². The molecule has 1 N–H and O–H groups in total. The van der Waals surface area contributed by atoms with Gasteiger partial charge in [-0.15, -0.1) is 10.2 Å². The molecule has 0 saturated heterocycles. The van der Waals surface area contributed by atoms with Crippen molar-refractivity contribution in [2.24, 2.45) is 0 Å². The summed E-state index contributed by atoms with van der Waals surface area (Å²) in [7, 11) is 0. The largest absolute Gasteiger partial charge is 0.478 e. The van der Waals surface area contributed by atoms with Crippen molar-refractivity contribution < 1.29 is 14.3 Å². The first-order chi connectivity index (χ1) is 11.1. The Kier molecular flexibility index (Phi) is 4.21. The molecule has 0 fully saturated rings. The number of halogens is 1. The van der Waals surface area contributed by atoms with Gasteiger partial charge in [0.1, 0.15) is 5.03 Å². The normalized spacial score (nSPS) is 11.4. The van der Waals surface area contributed by atoms with E-state index >= 15 is 0 Å². The number of nitrogens with zero attached hydrogens (tertiary/aromatic N) is 2. The number of aromatic carboxylic acids is 1. The number of carbonyl (C=O) groups is 1. The lowest BCUT2D eigenvalue weighted by molar-refractivity contribution is 0.0697. The van der Waals surface area contributed by atoms with Gasteiger partial charge in [-0.05, 0) is 35.9 Å². The summed E-state index contributed by atoms with van der Waals surface area (Å²) in [5.74, 6) is -0.391. The third kappa shape index (κ3) is 3.46. The summed E-state index contributed by atoms with van der Waals surface area (Å²) in [5, 5.41) is 17.0. The summed E-state index contributed by atoms with van der Waals surface area (Å²) in [6.45, 7) is 0. The Balaban J connectivity index is 1.84. The molecule has 3 aromatic rings. The van der Waals surface area contributed by atoms with Gasteiger partial charge in [0, 0.05) is 5.56 Å². The molecule has 0 radical (unpaired) electrons. The van der Waals surface area contributed by atoms with E-state index < -0.39 is 5.97 Å². The molecule has 2 aromatic carbocycles. The van der Waals surface area contributed by atoms with Crippen LogP contribution in [0.1, 0.15) is 21.8 Å². The first-order valence-electron chi connectivity index (χ1n) is 6.73. The second-order valence-corrected chi connectivity index (χ2v) is 5.11. The smallest absolute Gasteiger partial charge is 0.335 e. The van der Waals surface area contributed by atoms with Gasteiger partial charge in [-0.1, -0.05) is 41.9 Å². The third-order valence-electron chi connectivity index (χ3n) is 3.10. The maximum atomic E-state index is 10.8. The maximum absolute atomic E-state index is 10.8. The lowest BCUT2D eigenvalue weighted by Gasteiger charge is -1.97. The fraction of sp³-hybridized carbons (Fsp3) is 0. The van der Waals surface area contributed by atoms with Crippen LogP contribution in [0.4, 0.5) is 0 Å². The Morgan fingerprint density at radius 1 is 1.04 bits per heavy atom. The van der Waals surface area contributed by atoms with Crippen molar-refractivity contribution in [3.05, 3.63) is 71.6 Å². The van der Waals surface area contributed by atoms with Crippen molar-refractivity contribution in [3.8, 4) is 11.5 Å². The van der Waals surface area contributed by atoms with Crippen LogP contribution in [-0.2, 0) is 0 Å². The van der Waals surface area contributed by atoms with E-state index in [1.807, 2.05) is 30.3 Å². The summed E-state index contributed by atoms with van der Waals surface area (Å²) < 4.78 is 5.55. The zero-order valence-electron chi connectivity index (χ0n) is 11.8. The van der Waals surface area contributed by atoms with E-state index in [0.29, 0.717) is 5.89 Å².